The number of rotatable bonds is 1. The van der Waals surface area contributed by atoms with E-state index in [1.54, 1.807) is 0 Å². The second kappa shape index (κ2) is 3.14. The summed E-state index contributed by atoms with van der Waals surface area (Å²) in [6.45, 7) is 8.38. The quantitative estimate of drug-likeness (QED) is 0.585. The topological polar surface area (TPSA) is 0 Å². The molecule has 0 saturated heterocycles. The number of alkyl halides is 1. The minimum atomic E-state index is 0.387. The van der Waals surface area contributed by atoms with Gasteiger partial charge in [-0.15, -0.1) is 0 Å². The van der Waals surface area contributed by atoms with Gasteiger partial charge in [0.25, 0.3) is 0 Å². The summed E-state index contributed by atoms with van der Waals surface area (Å²) in [5.41, 5.74) is 1.78. The van der Waals surface area contributed by atoms with E-state index in [9.17, 15) is 0 Å². The molecular weight excluding hydrogens is 200 g/mol. The Morgan fingerprint density at radius 3 is 2.82 bits per heavy atom. The van der Waals surface area contributed by atoms with Gasteiger partial charge < -0.3 is 0 Å². The normalized spacial score (nSPS) is 29.4. The molecule has 0 N–H and O–H groups in total. The van der Waals surface area contributed by atoms with Crippen LogP contribution in [-0.4, -0.2) is 4.83 Å². The van der Waals surface area contributed by atoms with Crippen LogP contribution < -0.4 is 0 Å². The molecule has 0 fully saturated rings. The Morgan fingerprint density at radius 1 is 1.73 bits per heavy atom. The van der Waals surface area contributed by atoms with Crippen molar-refractivity contribution in [3.63, 3.8) is 0 Å². The molecule has 0 spiro atoms. The summed E-state index contributed by atoms with van der Waals surface area (Å²) in [5, 5.41) is 0. The summed E-state index contributed by atoms with van der Waals surface area (Å²) in [5.74, 6) is 0. The Balaban J connectivity index is 2.76. The molecule has 1 aliphatic rings. The summed E-state index contributed by atoms with van der Waals surface area (Å²) in [6.07, 6.45) is 6.53. The lowest BCUT2D eigenvalue weighted by atomic mass is 9.77. The Labute approximate surface area is 77.5 Å². The first-order valence-corrected chi connectivity index (χ1v) is 4.93. The maximum atomic E-state index is 3.79. The number of hydrogen-bond donors (Lipinski definition) is 0. The van der Waals surface area contributed by atoms with Crippen molar-refractivity contribution in [3.8, 4) is 0 Å². The third kappa shape index (κ3) is 1.96. The van der Waals surface area contributed by atoms with Gasteiger partial charge in [0.05, 0.1) is 0 Å². The zero-order valence-corrected chi connectivity index (χ0v) is 8.82. The second-order valence-corrected chi connectivity index (χ2v) is 4.96. The van der Waals surface area contributed by atoms with Gasteiger partial charge in [-0.2, -0.15) is 0 Å². The fraction of sp³-hybridized carbons (Fsp3) is 0.600. The third-order valence-electron chi connectivity index (χ3n) is 2.36. The SMILES string of the molecule is C=CC1=CCC(Br)C(C)(C)C1. The molecule has 0 radical (unpaired) electrons. The van der Waals surface area contributed by atoms with E-state index >= 15 is 0 Å². The van der Waals surface area contributed by atoms with Gasteiger partial charge in [-0.1, -0.05) is 54.1 Å². The molecule has 62 valence electrons. The van der Waals surface area contributed by atoms with Crippen LogP contribution in [0.3, 0.4) is 0 Å². The lowest BCUT2D eigenvalue weighted by molar-refractivity contribution is 0.341. The molecule has 1 atom stereocenters. The van der Waals surface area contributed by atoms with Crippen LogP contribution >= 0.6 is 15.9 Å². The van der Waals surface area contributed by atoms with Gasteiger partial charge >= 0.3 is 0 Å². The number of halogens is 1. The lowest BCUT2D eigenvalue weighted by Crippen LogP contribution is -2.27. The van der Waals surface area contributed by atoms with Crippen molar-refractivity contribution in [1.82, 2.24) is 0 Å². The maximum absolute atomic E-state index is 3.79. The third-order valence-corrected chi connectivity index (χ3v) is 3.97. The molecule has 1 heteroatoms. The van der Waals surface area contributed by atoms with Crippen LogP contribution in [-0.2, 0) is 0 Å². The van der Waals surface area contributed by atoms with Crippen molar-refractivity contribution in [2.24, 2.45) is 5.41 Å². The average molecular weight is 215 g/mol. The fourth-order valence-corrected chi connectivity index (χ4v) is 1.79. The Bertz CT molecular complexity index is 189. The summed E-state index contributed by atoms with van der Waals surface area (Å²) < 4.78 is 0. The van der Waals surface area contributed by atoms with E-state index in [0.717, 1.165) is 12.8 Å². The Kier molecular flexibility index (Phi) is 2.58. The van der Waals surface area contributed by atoms with Gasteiger partial charge in [-0.3, -0.25) is 0 Å². The molecule has 0 aromatic rings. The molecule has 0 heterocycles. The van der Waals surface area contributed by atoms with Crippen molar-refractivity contribution in [2.45, 2.75) is 31.5 Å². The Morgan fingerprint density at radius 2 is 2.36 bits per heavy atom. The predicted molar refractivity (Wildman–Crippen MR) is 54.0 cm³/mol. The highest BCUT2D eigenvalue weighted by Gasteiger charge is 2.29. The van der Waals surface area contributed by atoms with Crippen LogP contribution in [0.2, 0.25) is 0 Å². The van der Waals surface area contributed by atoms with Crippen LogP contribution in [0, 0.1) is 5.41 Å². The molecule has 1 rings (SSSR count). The molecule has 1 unspecified atom stereocenters. The maximum Gasteiger partial charge on any atom is 0.0234 e. The van der Waals surface area contributed by atoms with E-state index in [4.69, 9.17) is 0 Å². The van der Waals surface area contributed by atoms with Gasteiger partial charge in [0.2, 0.25) is 0 Å². The van der Waals surface area contributed by atoms with Crippen LogP contribution in [0.25, 0.3) is 0 Å². The van der Waals surface area contributed by atoms with Crippen molar-refractivity contribution >= 4 is 15.9 Å². The van der Waals surface area contributed by atoms with Crippen molar-refractivity contribution in [1.29, 1.82) is 0 Å². The van der Waals surface area contributed by atoms with E-state index in [1.807, 2.05) is 6.08 Å². The summed E-state index contributed by atoms with van der Waals surface area (Å²) in [7, 11) is 0. The molecule has 0 amide bonds. The summed E-state index contributed by atoms with van der Waals surface area (Å²) in [6, 6.07) is 0. The molecule has 0 saturated carbocycles. The highest BCUT2D eigenvalue weighted by molar-refractivity contribution is 9.09. The molecule has 0 nitrogen and oxygen atoms in total. The van der Waals surface area contributed by atoms with Crippen LogP contribution in [0.5, 0.6) is 0 Å². The van der Waals surface area contributed by atoms with Gasteiger partial charge in [0.1, 0.15) is 0 Å². The molecule has 0 bridgehead atoms. The first-order valence-electron chi connectivity index (χ1n) is 4.02. The summed E-state index contributed by atoms with van der Waals surface area (Å²) >= 11 is 3.69. The minimum Gasteiger partial charge on any atom is -0.0988 e. The van der Waals surface area contributed by atoms with E-state index in [-0.39, 0.29) is 0 Å². The first kappa shape index (κ1) is 9.05. The zero-order chi connectivity index (χ0) is 8.48. The van der Waals surface area contributed by atoms with Crippen molar-refractivity contribution in [3.05, 3.63) is 24.3 Å². The van der Waals surface area contributed by atoms with Gasteiger partial charge in [0.15, 0.2) is 0 Å². The van der Waals surface area contributed by atoms with Gasteiger partial charge in [-0.05, 0) is 18.3 Å². The van der Waals surface area contributed by atoms with Crippen LogP contribution in [0.4, 0.5) is 0 Å². The van der Waals surface area contributed by atoms with E-state index < -0.39 is 0 Å². The van der Waals surface area contributed by atoms with Crippen LogP contribution in [0.1, 0.15) is 26.7 Å². The smallest absolute Gasteiger partial charge is 0.0234 e. The zero-order valence-electron chi connectivity index (χ0n) is 7.23. The fourth-order valence-electron chi connectivity index (χ4n) is 1.44. The van der Waals surface area contributed by atoms with Crippen molar-refractivity contribution < 1.29 is 0 Å². The molecular formula is C10H15Br. The van der Waals surface area contributed by atoms with Gasteiger partial charge in [0, 0.05) is 4.83 Å². The molecule has 11 heavy (non-hydrogen) atoms. The standard InChI is InChI=1S/C10H15Br/c1-4-8-5-6-9(11)10(2,3)7-8/h4-5,9H,1,6-7H2,2-3H3. The number of allylic oxidation sites excluding steroid dienone is 3. The molecule has 0 aromatic heterocycles. The number of hydrogen-bond acceptors (Lipinski definition) is 0. The first-order chi connectivity index (χ1) is 5.06. The van der Waals surface area contributed by atoms with E-state index in [1.165, 1.54) is 5.57 Å². The minimum absolute atomic E-state index is 0.387. The van der Waals surface area contributed by atoms with E-state index in [2.05, 4.69) is 42.4 Å². The largest absolute Gasteiger partial charge is 0.0988 e. The molecule has 0 aromatic carbocycles. The molecule has 1 aliphatic carbocycles. The van der Waals surface area contributed by atoms with Crippen LogP contribution in [0.15, 0.2) is 24.3 Å². The van der Waals surface area contributed by atoms with Gasteiger partial charge in [-0.25, -0.2) is 0 Å². The molecule has 0 aliphatic heterocycles. The second-order valence-electron chi connectivity index (χ2n) is 3.85. The predicted octanol–water partition coefficient (Wildman–Crippen LogP) is 3.68. The highest BCUT2D eigenvalue weighted by Crippen LogP contribution is 2.39. The average Bonchev–Trinajstić information content (AvgIpc) is 1.95. The van der Waals surface area contributed by atoms with E-state index in [0.29, 0.717) is 10.2 Å². The van der Waals surface area contributed by atoms with Crippen molar-refractivity contribution in [2.75, 3.05) is 0 Å². The monoisotopic (exact) mass is 214 g/mol. The Hall–Kier alpha value is -0.0400. The summed E-state index contributed by atoms with van der Waals surface area (Å²) in [4.78, 5) is 0.624. The lowest BCUT2D eigenvalue weighted by Gasteiger charge is -2.34. The highest BCUT2D eigenvalue weighted by atomic mass is 79.9.